The van der Waals surface area contributed by atoms with Crippen molar-refractivity contribution in [1.82, 2.24) is 0 Å². The second-order valence-electron chi connectivity index (χ2n) is 8.82. The van der Waals surface area contributed by atoms with Gasteiger partial charge in [0.05, 0.1) is 0 Å². The van der Waals surface area contributed by atoms with Crippen LogP contribution in [0.25, 0.3) is 32.7 Å². The van der Waals surface area contributed by atoms with E-state index in [2.05, 4.69) is 66.7 Å². The molecule has 0 bridgehead atoms. The van der Waals surface area contributed by atoms with Crippen molar-refractivity contribution in [2.75, 3.05) is 0 Å². The van der Waals surface area contributed by atoms with E-state index in [0.717, 1.165) is 6.42 Å². The van der Waals surface area contributed by atoms with Gasteiger partial charge in [-0.15, -0.1) is 40.6 Å². The molecule has 0 unspecified atom stereocenters. The zero-order chi connectivity index (χ0) is 22.5. The Hall–Kier alpha value is -1.92. The van der Waals surface area contributed by atoms with Crippen molar-refractivity contribution in [2.24, 2.45) is 0 Å². The second-order valence-corrected chi connectivity index (χ2v) is 10.6. The molecule has 2 aliphatic rings. The van der Waals surface area contributed by atoms with Crippen molar-refractivity contribution in [3.05, 3.63) is 114 Å². The summed E-state index contributed by atoms with van der Waals surface area (Å²) in [5, 5.41) is 5.30. The monoisotopic (exact) mass is 572 g/mol. The molecule has 0 saturated heterocycles. The van der Waals surface area contributed by atoms with Crippen LogP contribution in [0.5, 0.6) is 0 Å². The van der Waals surface area contributed by atoms with Crippen molar-refractivity contribution in [1.29, 1.82) is 0 Å². The second kappa shape index (κ2) is 13.4. The van der Waals surface area contributed by atoms with Crippen LogP contribution in [0.3, 0.4) is 0 Å². The summed E-state index contributed by atoms with van der Waals surface area (Å²) >= 11 is 1.69. The molecule has 35 heavy (non-hydrogen) atoms. The summed E-state index contributed by atoms with van der Waals surface area (Å²) in [6.07, 6.45) is 8.34. The predicted molar refractivity (Wildman–Crippen MR) is 139 cm³/mol. The molecule has 2 aliphatic carbocycles. The molecular formula is C32H28Cl2Zr-2. The summed E-state index contributed by atoms with van der Waals surface area (Å²) in [5.41, 5.74) is 5.67. The molecule has 0 amide bonds. The van der Waals surface area contributed by atoms with Gasteiger partial charge in [0, 0.05) is 0 Å². The van der Waals surface area contributed by atoms with Gasteiger partial charge in [0.25, 0.3) is 0 Å². The normalized spacial score (nSPS) is 13.3. The van der Waals surface area contributed by atoms with E-state index in [9.17, 15) is 0 Å². The summed E-state index contributed by atoms with van der Waals surface area (Å²) in [5.74, 6) is 0. The molecule has 0 aliphatic heterocycles. The molecule has 5 aromatic carbocycles. The largest absolute Gasteiger partial charge is 0.214 e. The van der Waals surface area contributed by atoms with Crippen LogP contribution in [0.1, 0.15) is 43.2 Å². The predicted octanol–water partition coefficient (Wildman–Crippen LogP) is 2.45. The Morgan fingerprint density at radius 2 is 1.34 bits per heavy atom. The Kier molecular flexibility index (Phi) is 10.6. The van der Waals surface area contributed by atoms with Gasteiger partial charge in [-0.3, -0.25) is 0 Å². The number of hydrogen-bond donors (Lipinski definition) is 0. The van der Waals surface area contributed by atoms with E-state index in [1.165, 1.54) is 75.9 Å². The topological polar surface area (TPSA) is 0 Å². The van der Waals surface area contributed by atoms with Crippen molar-refractivity contribution >= 4 is 24.8 Å². The summed E-state index contributed by atoms with van der Waals surface area (Å²) in [7, 11) is 0. The Labute approximate surface area is 236 Å². The number of halogens is 2. The molecule has 0 heterocycles. The zero-order valence-electron chi connectivity index (χ0n) is 19.7. The van der Waals surface area contributed by atoms with Crippen LogP contribution < -0.4 is 24.8 Å². The van der Waals surface area contributed by atoms with E-state index in [4.69, 9.17) is 0 Å². The molecule has 5 aromatic rings. The molecule has 0 N–H and O–H groups in total. The third kappa shape index (κ3) is 6.26. The molecule has 176 valence electrons. The first-order valence-electron chi connectivity index (χ1n) is 12.0. The molecule has 0 radical (unpaired) electrons. The van der Waals surface area contributed by atoms with Gasteiger partial charge in [0.2, 0.25) is 0 Å². The van der Waals surface area contributed by atoms with E-state index in [0.29, 0.717) is 0 Å². The molecule has 0 nitrogen and oxygen atoms in total. The zero-order valence-corrected chi connectivity index (χ0v) is 23.7. The summed E-state index contributed by atoms with van der Waals surface area (Å²) in [6.45, 7) is 0. The minimum Gasteiger partial charge on any atom is -0.214 e. The third-order valence-electron chi connectivity index (χ3n) is 6.61. The van der Waals surface area contributed by atoms with Gasteiger partial charge in [-0.2, -0.15) is 18.2 Å². The van der Waals surface area contributed by atoms with E-state index in [1.54, 1.807) is 27.4 Å². The van der Waals surface area contributed by atoms with Gasteiger partial charge in [-0.1, -0.05) is 53.9 Å². The van der Waals surface area contributed by atoms with Crippen molar-refractivity contribution in [2.45, 2.75) is 38.5 Å². The maximum Gasteiger partial charge on any atom is -0.0240 e. The quantitative estimate of drug-likeness (QED) is 0.193. The Balaban J connectivity index is 0.000000204. The Morgan fingerprint density at radius 1 is 0.686 bits per heavy atom. The van der Waals surface area contributed by atoms with Crippen LogP contribution >= 0.6 is 0 Å². The van der Waals surface area contributed by atoms with Crippen molar-refractivity contribution < 1.29 is 49.0 Å². The first-order valence-corrected chi connectivity index (χ1v) is 13.2. The van der Waals surface area contributed by atoms with Crippen molar-refractivity contribution in [3.63, 3.8) is 0 Å². The van der Waals surface area contributed by atoms with Crippen LogP contribution in [0.2, 0.25) is 0 Å². The average Bonchev–Trinajstić information content (AvgIpc) is 3.57. The third-order valence-corrected chi connectivity index (χ3v) is 7.84. The van der Waals surface area contributed by atoms with E-state index >= 15 is 0 Å². The number of benzene rings is 4. The fraction of sp³-hybridized carbons (Fsp3) is 0.188. The fourth-order valence-electron chi connectivity index (χ4n) is 5.03. The van der Waals surface area contributed by atoms with E-state index in [-0.39, 0.29) is 24.8 Å². The summed E-state index contributed by atoms with van der Waals surface area (Å²) < 4.78 is 1.80. The first-order chi connectivity index (χ1) is 16.3. The molecule has 0 aromatic heterocycles. The standard InChI is InChI=1S/C21H13.C6H10.C5H5.2ClH.Zr/c1-2-8-15-14(7-1)13-20-18-11-4-3-9-16(18)17-10-5-6-12-19(17)21(15)20;1-2-4-6-5-3-1;1-2-4-5-3-1;;;/h1-10,12H,13H2;1-5H2;1-5H;2*1H;/q-1;;-1;;;+2/p-2. The maximum atomic E-state index is 3.48. The summed E-state index contributed by atoms with van der Waals surface area (Å²) in [6, 6.07) is 37.3. The number of fused-ring (bicyclic) bond motifs is 8. The smallest absolute Gasteiger partial charge is 0.0240 e. The minimum absolute atomic E-state index is 0. The van der Waals surface area contributed by atoms with Gasteiger partial charge < -0.3 is 24.8 Å². The molecule has 7 rings (SSSR count). The average molecular weight is 575 g/mol. The molecule has 0 atom stereocenters. The molecule has 1 saturated carbocycles. The Bertz CT molecular complexity index is 1360. The van der Waals surface area contributed by atoms with E-state index < -0.39 is 0 Å². The Morgan fingerprint density at radius 3 is 2.00 bits per heavy atom. The SMILES string of the molecule is [Cl-].[Cl-].[Zr+2]=[C]1CCCCC1.[c-]1cccc2c1c1c(c3ccccc32)-c2ccccc2C1.c1cc[cH-]c1. The van der Waals surface area contributed by atoms with E-state index in [1.807, 2.05) is 36.4 Å². The molecule has 0 spiro atoms. The van der Waals surface area contributed by atoms with Gasteiger partial charge in [0.15, 0.2) is 0 Å². The van der Waals surface area contributed by atoms with Gasteiger partial charge in [0.1, 0.15) is 0 Å². The minimum atomic E-state index is 0. The van der Waals surface area contributed by atoms with Gasteiger partial charge in [-0.05, 0) is 28.5 Å². The van der Waals surface area contributed by atoms with Gasteiger partial charge in [-0.25, -0.2) is 12.1 Å². The van der Waals surface area contributed by atoms with Crippen LogP contribution in [0.15, 0.2) is 97.1 Å². The fourth-order valence-corrected chi connectivity index (χ4v) is 5.90. The molecule has 3 heteroatoms. The van der Waals surface area contributed by atoms with Crippen LogP contribution in [0.4, 0.5) is 0 Å². The first kappa shape index (κ1) is 27.7. The van der Waals surface area contributed by atoms with Crippen molar-refractivity contribution in [3.8, 4) is 11.1 Å². The van der Waals surface area contributed by atoms with Crippen LogP contribution in [-0.2, 0) is 30.7 Å². The van der Waals surface area contributed by atoms with Gasteiger partial charge >= 0.3 is 59.5 Å². The number of hydrogen-bond acceptors (Lipinski definition) is 0. The number of rotatable bonds is 0. The maximum absolute atomic E-state index is 3.48. The molecule has 1 fully saturated rings. The van der Waals surface area contributed by atoms with Crippen LogP contribution in [-0.4, -0.2) is 3.21 Å². The molecular weight excluding hydrogens is 546 g/mol. The summed E-state index contributed by atoms with van der Waals surface area (Å²) in [4.78, 5) is 0. The van der Waals surface area contributed by atoms with Crippen LogP contribution in [0, 0.1) is 6.07 Å².